The number of nitrogens with zero attached hydrogens (tertiary/aromatic N) is 1. The fourth-order valence-corrected chi connectivity index (χ4v) is 3.95. The molecule has 1 amide bonds. The van der Waals surface area contributed by atoms with Crippen molar-refractivity contribution >= 4 is 21.9 Å². The predicted octanol–water partition coefficient (Wildman–Crippen LogP) is 0.815. The monoisotopic (exact) mass is 344 g/mol. The van der Waals surface area contributed by atoms with E-state index in [0.717, 1.165) is 24.6 Å². The average molecular weight is 344 g/mol. The summed E-state index contributed by atoms with van der Waals surface area (Å²) in [6.07, 6.45) is 2.34. The van der Waals surface area contributed by atoms with Gasteiger partial charge < -0.3 is 10.4 Å². The number of sulfonamides is 1. The van der Waals surface area contributed by atoms with Crippen molar-refractivity contribution in [1.29, 1.82) is 0 Å². The van der Waals surface area contributed by atoms with Crippen molar-refractivity contribution < 1.29 is 27.5 Å². The van der Waals surface area contributed by atoms with Crippen LogP contribution in [-0.2, 0) is 14.8 Å². The third-order valence-corrected chi connectivity index (χ3v) is 5.44. The van der Waals surface area contributed by atoms with Gasteiger partial charge in [-0.1, -0.05) is 6.42 Å². The number of carboxylic acid groups (broad SMARTS) is 1. The third-order valence-electron chi connectivity index (χ3n) is 3.53. The maximum atomic E-state index is 14.0. The summed E-state index contributed by atoms with van der Waals surface area (Å²) in [5, 5.41) is 10.6. The van der Waals surface area contributed by atoms with Crippen LogP contribution in [0.2, 0.25) is 0 Å². The first-order valence-electron chi connectivity index (χ1n) is 7.12. The smallest absolute Gasteiger partial charge is 0.322 e. The first-order valence-corrected chi connectivity index (χ1v) is 8.56. The Hall–Kier alpha value is -2.00. The normalized spacial score (nSPS) is 16.0. The minimum atomic E-state index is -4.02. The summed E-state index contributed by atoms with van der Waals surface area (Å²) in [7, 11) is -4.02. The summed E-state index contributed by atoms with van der Waals surface area (Å²) in [4.78, 5) is 21.7. The Bertz CT molecular complexity index is 714. The quantitative estimate of drug-likeness (QED) is 0.823. The molecule has 126 valence electrons. The average Bonchev–Trinajstić information content (AvgIpc) is 2.53. The molecule has 1 aliphatic heterocycles. The largest absolute Gasteiger partial charge is 0.480 e. The number of piperidine rings is 1. The maximum absolute atomic E-state index is 14.0. The second-order valence-electron chi connectivity index (χ2n) is 5.19. The molecular formula is C14H17FN2O5S. The number of nitrogens with one attached hydrogen (secondary N) is 1. The van der Waals surface area contributed by atoms with E-state index in [4.69, 9.17) is 5.11 Å². The van der Waals surface area contributed by atoms with E-state index in [1.54, 1.807) is 0 Å². The van der Waals surface area contributed by atoms with Crippen LogP contribution in [0.15, 0.2) is 23.1 Å². The van der Waals surface area contributed by atoms with Crippen LogP contribution in [0, 0.1) is 5.82 Å². The highest BCUT2D eigenvalue weighted by atomic mass is 32.2. The van der Waals surface area contributed by atoms with E-state index in [1.165, 1.54) is 4.31 Å². The van der Waals surface area contributed by atoms with Gasteiger partial charge in [-0.25, -0.2) is 12.8 Å². The summed E-state index contributed by atoms with van der Waals surface area (Å²) in [6.45, 7) is 0.0266. The molecule has 1 fully saturated rings. The minimum absolute atomic E-state index is 0.108. The minimum Gasteiger partial charge on any atom is -0.480 e. The molecule has 9 heteroatoms. The molecule has 1 aliphatic rings. The van der Waals surface area contributed by atoms with Gasteiger partial charge in [0.2, 0.25) is 10.0 Å². The van der Waals surface area contributed by atoms with Crippen LogP contribution in [0.3, 0.4) is 0 Å². The van der Waals surface area contributed by atoms with Gasteiger partial charge in [-0.15, -0.1) is 0 Å². The fourth-order valence-electron chi connectivity index (χ4n) is 2.34. The van der Waals surface area contributed by atoms with Gasteiger partial charge in [-0.3, -0.25) is 9.59 Å². The Morgan fingerprint density at radius 3 is 2.48 bits per heavy atom. The lowest BCUT2D eigenvalue weighted by molar-refractivity contribution is -0.135. The zero-order valence-electron chi connectivity index (χ0n) is 12.3. The second kappa shape index (κ2) is 7.05. The molecule has 0 spiro atoms. The summed E-state index contributed by atoms with van der Waals surface area (Å²) in [5.41, 5.74) is -0.108. The number of hydrogen-bond donors (Lipinski definition) is 2. The summed E-state index contributed by atoms with van der Waals surface area (Å²) < 4.78 is 40.2. The number of benzene rings is 1. The molecule has 1 aromatic carbocycles. The lowest BCUT2D eigenvalue weighted by Gasteiger charge is -2.26. The lowest BCUT2D eigenvalue weighted by Crippen LogP contribution is -2.36. The number of rotatable bonds is 5. The van der Waals surface area contributed by atoms with Gasteiger partial charge in [-0.2, -0.15) is 4.31 Å². The number of amides is 1. The molecule has 0 atom stereocenters. The van der Waals surface area contributed by atoms with Crippen LogP contribution in [-0.4, -0.2) is 49.3 Å². The van der Waals surface area contributed by atoms with Crippen molar-refractivity contribution in [2.24, 2.45) is 0 Å². The Morgan fingerprint density at radius 1 is 1.22 bits per heavy atom. The molecular weight excluding hydrogens is 327 g/mol. The van der Waals surface area contributed by atoms with Crippen molar-refractivity contribution in [3.63, 3.8) is 0 Å². The van der Waals surface area contributed by atoms with Crippen LogP contribution >= 0.6 is 0 Å². The van der Waals surface area contributed by atoms with Crippen LogP contribution in [0.25, 0.3) is 0 Å². The number of halogens is 1. The van der Waals surface area contributed by atoms with E-state index in [-0.39, 0.29) is 5.56 Å². The first-order chi connectivity index (χ1) is 10.8. The molecule has 7 nitrogen and oxygen atoms in total. The van der Waals surface area contributed by atoms with Crippen LogP contribution in [0.4, 0.5) is 4.39 Å². The van der Waals surface area contributed by atoms with Crippen LogP contribution in [0.1, 0.15) is 29.6 Å². The molecule has 2 N–H and O–H groups in total. The number of hydrogen-bond acceptors (Lipinski definition) is 4. The molecule has 1 saturated heterocycles. The molecule has 23 heavy (non-hydrogen) atoms. The zero-order chi connectivity index (χ0) is 17.0. The van der Waals surface area contributed by atoms with E-state index in [2.05, 4.69) is 5.32 Å². The summed E-state index contributed by atoms with van der Waals surface area (Å²) >= 11 is 0. The highest BCUT2D eigenvalue weighted by molar-refractivity contribution is 7.89. The van der Waals surface area contributed by atoms with Gasteiger partial charge in [0.1, 0.15) is 17.3 Å². The summed E-state index contributed by atoms with van der Waals surface area (Å²) in [5.74, 6) is -2.95. The molecule has 0 bridgehead atoms. The van der Waals surface area contributed by atoms with E-state index in [1.807, 2.05) is 0 Å². The molecule has 0 aliphatic carbocycles. The number of aliphatic carboxylic acids is 1. The Labute approximate surface area is 133 Å². The molecule has 0 radical (unpaired) electrons. The first kappa shape index (κ1) is 17.4. The predicted molar refractivity (Wildman–Crippen MR) is 79.0 cm³/mol. The molecule has 0 saturated carbocycles. The van der Waals surface area contributed by atoms with Gasteiger partial charge >= 0.3 is 5.97 Å². The SMILES string of the molecule is O=C(O)CNC(=O)c1ccc(F)c(S(=O)(=O)N2CCCCC2)c1. The number of carbonyl (C=O) groups excluding carboxylic acids is 1. The molecule has 2 rings (SSSR count). The van der Waals surface area contributed by atoms with E-state index in [0.29, 0.717) is 25.9 Å². The van der Waals surface area contributed by atoms with E-state index < -0.39 is 39.2 Å². The van der Waals surface area contributed by atoms with Gasteiger partial charge in [0.25, 0.3) is 5.91 Å². The Kier molecular flexibility index (Phi) is 5.32. The van der Waals surface area contributed by atoms with Gasteiger partial charge in [0.05, 0.1) is 0 Å². The van der Waals surface area contributed by atoms with Crippen LogP contribution in [0.5, 0.6) is 0 Å². The highest BCUT2D eigenvalue weighted by Gasteiger charge is 2.29. The topological polar surface area (TPSA) is 104 Å². The lowest BCUT2D eigenvalue weighted by atomic mass is 10.2. The maximum Gasteiger partial charge on any atom is 0.322 e. The summed E-state index contributed by atoms with van der Waals surface area (Å²) in [6, 6.07) is 2.95. The molecule has 0 aromatic heterocycles. The standard InChI is InChI=1S/C14H17FN2O5S/c15-11-5-4-10(14(20)16-9-13(18)19)8-12(11)23(21,22)17-6-2-1-3-7-17/h4-5,8H,1-3,6-7,9H2,(H,16,20)(H,18,19). The van der Waals surface area contributed by atoms with Gasteiger partial charge in [0.15, 0.2) is 0 Å². The third kappa shape index (κ3) is 4.05. The molecule has 0 unspecified atom stereocenters. The van der Waals surface area contributed by atoms with Crippen molar-refractivity contribution in [3.8, 4) is 0 Å². The van der Waals surface area contributed by atoms with Gasteiger partial charge in [-0.05, 0) is 31.0 Å². The van der Waals surface area contributed by atoms with Crippen molar-refractivity contribution in [2.75, 3.05) is 19.6 Å². The van der Waals surface area contributed by atoms with Crippen LogP contribution < -0.4 is 5.32 Å². The number of carbonyl (C=O) groups is 2. The Balaban J connectivity index is 2.29. The molecule has 1 aromatic rings. The van der Waals surface area contributed by atoms with E-state index in [9.17, 15) is 22.4 Å². The molecule has 1 heterocycles. The Morgan fingerprint density at radius 2 is 1.87 bits per heavy atom. The van der Waals surface area contributed by atoms with Gasteiger partial charge in [0, 0.05) is 18.7 Å². The van der Waals surface area contributed by atoms with Crippen molar-refractivity contribution in [3.05, 3.63) is 29.6 Å². The number of carboxylic acids is 1. The highest BCUT2D eigenvalue weighted by Crippen LogP contribution is 2.23. The van der Waals surface area contributed by atoms with E-state index >= 15 is 0 Å². The zero-order valence-corrected chi connectivity index (χ0v) is 13.1. The van der Waals surface area contributed by atoms with Crippen molar-refractivity contribution in [2.45, 2.75) is 24.2 Å². The fraction of sp³-hybridized carbons (Fsp3) is 0.429. The second-order valence-corrected chi connectivity index (χ2v) is 7.09. The van der Waals surface area contributed by atoms with Crippen molar-refractivity contribution in [1.82, 2.24) is 9.62 Å².